The summed E-state index contributed by atoms with van der Waals surface area (Å²) in [5, 5.41) is 0. The fourth-order valence-corrected chi connectivity index (χ4v) is 3.35. The lowest BCUT2D eigenvalue weighted by Crippen LogP contribution is -2.29. The first-order valence-corrected chi connectivity index (χ1v) is 7.16. The zero-order valence-electron chi connectivity index (χ0n) is 9.70. The number of rotatable bonds is 5. The highest BCUT2D eigenvalue weighted by Gasteiger charge is 2.28. The van der Waals surface area contributed by atoms with E-state index in [9.17, 15) is 8.42 Å². The van der Waals surface area contributed by atoms with E-state index in [-0.39, 0.29) is 5.41 Å². The molecule has 0 aromatic rings. The molecule has 0 amide bonds. The van der Waals surface area contributed by atoms with Gasteiger partial charge < -0.3 is 5.73 Å². The Morgan fingerprint density at radius 1 is 1.40 bits per heavy atom. The molecule has 5 heteroatoms. The van der Waals surface area contributed by atoms with Crippen molar-refractivity contribution in [2.45, 2.75) is 33.1 Å². The molecule has 0 aliphatic carbocycles. The van der Waals surface area contributed by atoms with Gasteiger partial charge in [0.05, 0.1) is 5.75 Å². The number of nitrogens with two attached hydrogens (primary N) is 1. The third-order valence-electron chi connectivity index (χ3n) is 3.02. The summed E-state index contributed by atoms with van der Waals surface area (Å²) in [5.74, 6) is 0.327. The van der Waals surface area contributed by atoms with Gasteiger partial charge in [-0.2, -0.15) is 0 Å². The fraction of sp³-hybridized carbons (Fsp3) is 1.00. The Hall–Kier alpha value is -0.130. The summed E-state index contributed by atoms with van der Waals surface area (Å²) in [6.45, 7) is 6.24. The van der Waals surface area contributed by atoms with Crippen molar-refractivity contribution in [1.29, 1.82) is 0 Å². The second-order valence-electron chi connectivity index (χ2n) is 5.04. The Balaban J connectivity index is 2.33. The molecule has 0 aromatic heterocycles. The second kappa shape index (κ2) is 4.80. The van der Waals surface area contributed by atoms with Crippen LogP contribution in [-0.4, -0.2) is 38.1 Å². The predicted molar refractivity (Wildman–Crippen MR) is 62.0 cm³/mol. The summed E-state index contributed by atoms with van der Waals surface area (Å²) in [6, 6.07) is 0. The van der Waals surface area contributed by atoms with E-state index in [2.05, 4.69) is 13.8 Å². The normalized spacial score (nSPS) is 22.1. The van der Waals surface area contributed by atoms with Gasteiger partial charge in [-0.05, 0) is 31.2 Å². The first kappa shape index (κ1) is 12.9. The molecule has 15 heavy (non-hydrogen) atoms. The van der Waals surface area contributed by atoms with Crippen LogP contribution in [0.5, 0.6) is 0 Å². The molecule has 0 aromatic carbocycles. The molecule has 1 heterocycles. The largest absolute Gasteiger partial charge is 0.330 e. The summed E-state index contributed by atoms with van der Waals surface area (Å²) in [7, 11) is -2.91. The topological polar surface area (TPSA) is 63.4 Å². The maximum absolute atomic E-state index is 11.5. The van der Waals surface area contributed by atoms with Crippen LogP contribution in [0.3, 0.4) is 0 Å². The van der Waals surface area contributed by atoms with E-state index in [1.165, 1.54) is 0 Å². The highest BCUT2D eigenvalue weighted by molar-refractivity contribution is 7.89. The van der Waals surface area contributed by atoms with Gasteiger partial charge in [0, 0.05) is 13.1 Å². The summed E-state index contributed by atoms with van der Waals surface area (Å²) >= 11 is 0. The highest BCUT2D eigenvalue weighted by Crippen LogP contribution is 2.22. The van der Waals surface area contributed by atoms with Crippen molar-refractivity contribution in [2.75, 3.05) is 25.4 Å². The molecule has 1 fully saturated rings. The van der Waals surface area contributed by atoms with Gasteiger partial charge in [-0.25, -0.2) is 12.7 Å². The minimum absolute atomic E-state index is 0.128. The second-order valence-corrected chi connectivity index (χ2v) is 7.13. The number of nitrogens with zero attached hydrogens (tertiary/aromatic N) is 1. The van der Waals surface area contributed by atoms with Gasteiger partial charge >= 0.3 is 0 Å². The summed E-state index contributed by atoms with van der Waals surface area (Å²) in [6.07, 6.45) is 2.67. The molecular weight excluding hydrogens is 212 g/mol. The van der Waals surface area contributed by atoms with Gasteiger partial charge in [-0.3, -0.25) is 0 Å². The predicted octanol–water partition coefficient (Wildman–Crippen LogP) is 0.787. The van der Waals surface area contributed by atoms with Crippen molar-refractivity contribution in [3.63, 3.8) is 0 Å². The molecule has 1 aliphatic rings. The SMILES string of the molecule is CC(C)(CN)CCCN1CCCS1(=O)=O. The van der Waals surface area contributed by atoms with E-state index in [0.29, 0.717) is 25.4 Å². The van der Waals surface area contributed by atoms with E-state index in [1.54, 1.807) is 4.31 Å². The molecule has 4 nitrogen and oxygen atoms in total. The molecule has 90 valence electrons. The smallest absolute Gasteiger partial charge is 0.214 e. The van der Waals surface area contributed by atoms with Crippen molar-refractivity contribution in [2.24, 2.45) is 11.1 Å². The molecule has 0 unspecified atom stereocenters. The van der Waals surface area contributed by atoms with Crippen molar-refractivity contribution < 1.29 is 8.42 Å². The minimum atomic E-state index is -2.91. The van der Waals surface area contributed by atoms with E-state index < -0.39 is 10.0 Å². The van der Waals surface area contributed by atoms with Crippen LogP contribution in [0.15, 0.2) is 0 Å². The maximum Gasteiger partial charge on any atom is 0.214 e. The fourth-order valence-electron chi connectivity index (χ4n) is 1.78. The minimum Gasteiger partial charge on any atom is -0.330 e. The molecular formula is C10H22N2O2S. The van der Waals surface area contributed by atoms with Crippen LogP contribution in [0.25, 0.3) is 0 Å². The lowest BCUT2D eigenvalue weighted by molar-refractivity contribution is 0.315. The molecule has 0 bridgehead atoms. The van der Waals surface area contributed by atoms with E-state index in [1.807, 2.05) is 0 Å². The molecule has 0 saturated carbocycles. The average Bonchev–Trinajstić information content (AvgIpc) is 2.46. The van der Waals surface area contributed by atoms with Gasteiger partial charge in [0.1, 0.15) is 0 Å². The van der Waals surface area contributed by atoms with E-state index in [4.69, 9.17) is 5.73 Å². The van der Waals surface area contributed by atoms with Crippen LogP contribution in [0.1, 0.15) is 33.1 Å². The Morgan fingerprint density at radius 2 is 2.07 bits per heavy atom. The van der Waals surface area contributed by atoms with E-state index >= 15 is 0 Å². The van der Waals surface area contributed by atoms with Crippen LogP contribution < -0.4 is 5.73 Å². The first-order valence-electron chi connectivity index (χ1n) is 5.55. The molecule has 1 aliphatic heterocycles. The van der Waals surface area contributed by atoms with Crippen LogP contribution in [0, 0.1) is 5.41 Å². The Morgan fingerprint density at radius 3 is 2.53 bits per heavy atom. The average molecular weight is 234 g/mol. The quantitative estimate of drug-likeness (QED) is 0.765. The number of hydrogen-bond donors (Lipinski definition) is 1. The summed E-state index contributed by atoms with van der Waals surface area (Å²) in [5.41, 5.74) is 5.75. The standard InChI is InChI=1S/C10H22N2O2S/c1-10(2,9-11)5-3-6-12-7-4-8-15(12,13)14/h3-9,11H2,1-2H3. The third kappa shape index (κ3) is 3.74. The number of hydrogen-bond acceptors (Lipinski definition) is 3. The molecule has 1 saturated heterocycles. The van der Waals surface area contributed by atoms with Crippen molar-refractivity contribution in [3.05, 3.63) is 0 Å². The van der Waals surface area contributed by atoms with Gasteiger partial charge in [-0.1, -0.05) is 13.8 Å². The Kier molecular flexibility index (Phi) is 4.14. The zero-order chi connectivity index (χ0) is 11.5. The lowest BCUT2D eigenvalue weighted by atomic mass is 9.88. The molecule has 0 atom stereocenters. The van der Waals surface area contributed by atoms with Crippen molar-refractivity contribution in [1.82, 2.24) is 4.31 Å². The first-order chi connectivity index (χ1) is 6.87. The molecule has 0 radical (unpaired) electrons. The maximum atomic E-state index is 11.5. The summed E-state index contributed by atoms with van der Waals surface area (Å²) < 4.78 is 24.6. The van der Waals surface area contributed by atoms with Crippen LogP contribution in [-0.2, 0) is 10.0 Å². The lowest BCUT2D eigenvalue weighted by Gasteiger charge is -2.23. The van der Waals surface area contributed by atoms with E-state index in [0.717, 1.165) is 19.3 Å². The Labute approximate surface area is 92.9 Å². The summed E-state index contributed by atoms with van der Waals surface area (Å²) in [4.78, 5) is 0. The van der Waals surface area contributed by atoms with Crippen LogP contribution in [0.4, 0.5) is 0 Å². The van der Waals surface area contributed by atoms with Crippen molar-refractivity contribution in [3.8, 4) is 0 Å². The van der Waals surface area contributed by atoms with Crippen LogP contribution >= 0.6 is 0 Å². The Bertz CT molecular complexity index is 299. The third-order valence-corrected chi connectivity index (χ3v) is 4.97. The number of sulfonamides is 1. The van der Waals surface area contributed by atoms with Crippen LogP contribution in [0.2, 0.25) is 0 Å². The molecule has 1 rings (SSSR count). The zero-order valence-corrected chi connectivity index (χ0v) is 10.5. The van der Waals surface area contributed by atoms with Gasteiger partial charge in [0.15, 0.2) is 0 Å². The molecule has 2 N–H and O–H groups in total. The van der Waals surface area contributed by atoms with Gasteiger partial charge in [0.25, 0.3) is 0 Å². The molecule has 0 spiro atoms. The van der Waals surface area contributed by atoms with Gasteiger partial charge in [-0.15, -0.1) is 0 Å². The highest BCUT2D eigenvalue weighted by atomic mass is 32.2. The van der Waals surface area contributed by atoms with Crippen molar-refractivity contribution >= 4 is 10.0 Å². The monoisotopic (exact) mass is 234 g/mol. The van der Waals surface area contributed by atoms with Gasteiger partial charge in [0.2, 0.25) is 10.0 Å².